The molecule has 0 atom stereocenters. The number of pyridine rings is 3. The molecule has 37 heavy (non-hydrogen) atoms. The number of nitrogens with zero attached hydrogens (tertiary/aromatic N) is 5. The number of anilines is 2. The van der Waals surface area contributed by atoms with E-state index in [1.54, 1.807) is 24.5 Å². The first kappa shape index (κ1) is 26.2. The Bertz CT molecular complexity index is 1290. The van der Waals surface area contributed by atoms with Gasteiger partial charge in [0.05, 0.1) is 11.9 Å². The van der Waals surface area contributed by atoms with Gasteiger partial charge >= 0.3 is 0 Å². The van der Waals surface area contributed by atoms with Crippen molar-refractivity contribution in [3.05, 3.63) is 71.1 Å². The van der Waals surface area contributed by atoms with E-state index in [2.05, 4.69) is 37.5 Å². The minimum absolute atomic E-state index is 0.138. The minimum Gasteiger partial charge on any atom is -0.360 e. The van der Waals surface area contributed by atoms with Gasteiger partial charge in [0.15, 0.2) is 11.6 Å². The Morgan fingerprint density at radius 2 is 2.05 bits per heavy atom. The fourth-order valence-corrected chi connectivity index (χ4v) is 3.86. The van der Waals surface area contributed by atoms with Crippen LogP contribution in [0, 0.1) is 23.0 Å². The van der Waals surface area contributed by atoms with Gasteiger partial charge in [-0.1, -0.05) is 6.92 Å². The maximum atomic E-state index is 14.0. The van der Waals surface area contributed by atoms with Gasteiger partial charge in [-0.05, 0) is 61.5 Å². The molecule has 0 aromatic carbocycles. The molecule has 0 radical (unpaired) electrons. The highest BCUT2D eigenvalue weighted by Crippen LogP contribution is 2.43. The third-order valence-electron chi connectivity index (χ3n) is 5.95. The Labute approximate surface area is 213 Å². The summed E-state index contributed by atoms with van der Waals surface area (Å²) in [5.41, 5.74) is 2.95. The molecule has 3 heterocycles. The maximum absolute atomic E-state index is 14.0. The lowest BCUT2D eigenvalue weighted by atomic mass is 10.0. The molecular formula is C26H29F3N8. The highest BCUT2D eigenvalue weighted by atomic mass is 19.2. The van der Waals surface area contributed by atoms with Gasteiger partial charge in [-0.15, -0.1) is 0 Å². The van der Waals surface area contributed by atoms with Crippen molar-refractivity contribution < 1.29 is 13.2 Å². The number of halogens is 3. The lowest BCUT2D eigenvalue weighted by molar-refractivity contribution is 0.475. The van der Waals surface area contributed by atoms with E-state index in [1.807, 2.05) is 18.1 Å². The molecule has 1 saturated carbocycles. The van der Waals surface area contributed by atoms with E-state index in [9.17, 15) is 13.2 Å². The highest BCUT2D eigenvalue weighted by molar-refractivity contribution is 6.03. The zero-order chi connectivity index (χ0) is 26.4. The summed E-state index contributed by atoms with van der Waals surface area (Å²) in [6.45, 7) is 4.58. The zero-order valence-corrected chi connectivity index (χ0v) is 20.7. The van der Waals surface area contributed by atoms with E-state index >= 15 is 0 Å². The van der Waals surface area contributed by atoms with Crippen molar-refractivity contribution in [1.29, 1.82) is 5.41 Å². The molecule has 3 aromatic heterocycles. The van der Waals surface area contributed by atoms with E-state index in [0.717, 1.165) is 50.0 Å². The van der Waals surface area contributed by atoms with E-state index in [-0.39, 0.29) is 5.82 Å². The molecule has 8 nitrogen and oxygen atoms in total. The van der Waals surface area contributed by atoms with E-state index in [4.69, 9.17) is 5.41 Å². The number of aromatic nitrogens is 3. The van der Waals surface area contributed by atoms with Crippen LogP contribution in [-0.2, 0) is 0 Å². The highest BCUT2D eigenvalue weighted by Gasteiger charge is 2.30. The topological polar surface area (TPSA) is 102 Å². The molecule has 1 fully saturated rings. The van der Waals surface area contributed by atoms with Crippen molar-refractivity contribution in [3.63, 3.8) is 0 Å². The zero-order valence-electron chi connectivity index (χ0n) is 20.7. The van der Waals surface area contributed by atoms with Crippen LogP contribution in [0.25, 0.3) is 0 Å². The first-order chi connectivity index (χ1) is 17.9. The fraction of sp³-hybridized carbons (Fsp3) is 0.346. The van der Waals surface area contributed by atoms with E-state index < -0.39 is 23.4 Å². The molecule has 0 aliphatic heterocycles. The Morgan fingerprint density at radius 3 is 2.81 bits per heavy atom. The number of nitrogens with one attached hydrogen (secondary N) is 3. The molecule has 1 aliphatic rings. The summed E-state index contributed by atoms with van der Waals surface area (Å²) < 4.78 is 40.9. The van der Waals surface area contributed by atoms with Gasteiger partial charge in [-0.2, -0.15) is 13.8 Å². The van der Waals surface area contributed by atoms with Crippen LogP contribution in [-0.4, -0.2) is 58.6 Å². The normalized spacial score (nSPS) is 13.2. The molecule has 0 bridgehead atoms. The summed E-state index contributed by atoms with van der Waals surface area (Å²) in [6, 6.07) is 3.60. The Kier molecular flexibility index (Phi) is 8.44. The molecule has 3 N–H and O–H groups in total. The van der Waals surface area contributed by atoms with Crippen LogP contribution < -0.4 is 10.6 Å². The number of aliphatic imine (C=N–C) groups is 1. The quantitative estimate of drug-likeness (QED) is 0.147. The third kappa shape index (κ3) is 6.67. The number of rotatable bonds is 11. The lowest BCUT2D eigenvalue weighted by Crippen LogP contribution is -2.30. The maximum Gasteiger partial charge on any atom is 0.217 e. The summed E-state index contributed by atoms with van der Waals surface area (Å²) >= 11 is 0. The summed E-state index contributed by atoms with van der Waals surface area (Å²) in [4.78, 5) is 18.3. The molecule has 1 aliphatic carbocycles. The molecule has 3 aromatic rings. The predicted octanol–water partition coefficient (Wildman–Crippen LogP) is 4.92. The largest absolute Gasteiger partial charge is 0.360 e. The van der Waals surface area contributed by atoms with Gasteiger partial charge < -0.3 is 15.5 Å². The van der Waals surface area contributed by atoms with Gasteiger partial charge in [0.25, 0.3) is 0 Å². The van der Waals surface area contributed by atoms with Crippen LogP contribution in [0.2, 0.25) is 0 Å². The molecule has 0 spiro atoms. The lowest BCUT2D eigenvalue weighted by Gasteiger charge is -2.23. The Balaban J connectivity index is 1.56. The Hall–Kier alpha value is -3.86. The molecule has 0 amide bonds. The number of hydrogen-bond acceptors (Lipinski definition) is 7. The van der Waals surface area contributed by atoms with Crippen LogP contribution in [0.5, 0.6) is 0 Å². The van der Waals surface area contributed by atoms with Gasteiger partial charge in [0.1, 0.15) is 11.7 Å². The second-order valence-electron chi connectivity index (χ2n) is 8.82. The van der Waals surface area contributed by atoms with Crippen molar-refractivity contribution in [3.8, 4) is 0 Å². The van der Waals surface area contributed by atoms with Crippen LogP contribution in [0.1, 0.15) is 48.8 Å². The standard InChI is InChI=1S/C26H29F3N8/c1-3-31-8-4-10-37(2)25(30)23-18(17-5-6-17)14-32-15-20(23)34-13-16-7-9-33-22(11-16)36-26-24(29)19(27)12-21(28)35-26/h7,9,11-15,17,30-31H,3-6,8,10H2,1-2H3,(H,33,35,36). The molecule has 0 saturated heterocycles. The minimum atomic E-state index is -1.35. The van der Waals surface area contributed by atoms with Crippen molar-refractivity contribution in [2.75, 3.05) is 32.0 Å². The van der Waals surface area contributed by atoms with Crippen LogP contribution in [0.4, 0.5) is 30.5 Å². The number of amidine groups is 1. The first-order valence-electron chi connectivity index (χ1n) is 12.1. The van der Waals surface area contributed by atoms with Crippen LogP contribution in [0.15, 0.2) is 41.8 Å². The predicted molar refractivity (Wildman–Crippen MR) is 138 cm³/mol. The molecule has 194 valence electrons. The summed E-state index contributed by atoms with van der Waals surface area (Å²) in [5, 5.41) is 14.7. The summed E-state index contributed by atoms with van der Waals surface area (Å²) in [5.74, 6) is -3.50. The van der Waals surface area contributed by atoms with Crippen molar-refractivity contribution in [1.82, 2.24) is 25.2 Å². The Morgan fingerprint density at radius 1 is 1.24 bits per heavy atom. The molecule has 4 rings (SSSR count). The second kappa shape index (κ2) is 11.9. The number of hydrogen-bond donors (Lipinski definition) is 3. The van der Waals surface area contributed by atoms with Crippen LogP contribution >= 0.6 is 0 Å². The SMILES string of the molecule is CCNCCCN(C)C(=N)c1c(N=Cc2ccnc(Nc3nc(F)cc(F)c3F)c2)cncc1C1CC1. The molecular weight excluding hydrogens is 481 g/mol. The smallest absolute Gasteiger partial charge is 0.217 e. The van der Waals surface area contributed by atoms with Gasteiger partial charge in [0, 0.05) is 43.8 Å². The van der Waals surface area contributed by atoms with Gasteiger partial charge in [-0.3, -0.25) is 15.4 Å². The van der Waals surface area contributed by atoms with Gasteiger partial charge in [0.2, 0.25) is 11.8 Å². The summed E-state index contributed by atoms with van der Waals surface area (Å²) in [6.07, 6.45) is 9.52. The summed E-state index contributed by atoms with van der Waals surface area (Å²) in [7, 11) is 1.90. The molecule has 0 unspecified atom stereocenters. The first-order valence-corrected chi connectivity index (χ1v) is 12.1. The van der Waals surface area contributed by atoms with Crippen LogP contribution in [0.3, 0.4) is 0 Å². The fourth-order valence-electron chi connectivity index (χ4n) is 3.86. The van der Waals surface area contributed by atoms with Crippen molar-refractivity contribution >= 4 is 29.4 Å². The van der Waals surface area contributed by atoms with Gasteiger partial charge in [-0.25, -0.2) is 9.37 Å². The van der Waals surface area contributed by atoms with E-state index in [1.165, 1.54) is 6.20 Å². The van der Waals surface area contributed by atoms with E-state index in [0.29, 0.717) is 29.1 Å². The average Bonchev–Trinajstić information content (AvgIpc) is 3.73. The average molecular weight is 511 g/mol. The molecule has 11 heteroatoms. The monoisotopic (exact) mass is 510 g/mol. The van der Waals surface area contributed by atoms with Crippen molar-refractivity contribution in [2.24, 2.45) is 4.99 Å². The van der Waals surface area contributed by atoms with Crippen molar-refractivity contribution in [2.45, 2.75) is 32.1 Å². The third-order valence-corrected chi connectivity index (χ3v) is 5.95. The second-order valence-corrected chi connectivity index (χ2v) is 8.82.